The third-order valence-electron chi connectivity index (χ3n) is 1.96. The van der Waals surface area contributed by atoms with E-state index in [-0.39, 0.29) is 29.2 Å². The Bertz CT molecular complexity index is 403. The molecule has 0 fully saturated rings. The lowest BCUT2D eigenvalue weighted by atomic mass is 10.3. The molecule has 0 aliphatic rings. The highest BCUT2D eigenvalue weighted by atomic mass is 79.9. The number of anilines is 1. The summed E-state index contributed by atoms with van der Waals surface area (Å²) < 4.78 is 14.0. The minimum Gasteiger partial charge on any atom is -0.395 e. The highest BCUT2D eigenvalue weighted by Gasteiger charge is 2.09. The van der Waals surface area contributed by atoms with Gasteiger partial charge in [0.15, 0.2) is 0 Å². The largest absolute Gasteiger partial charge is 0.395 e. The van der Waals surface area contributed by atoms with Crippen molar-refractivity contribution in [3.63, 3.8) is 0 Å². The van der Waals surface area contributed by atoms with Crippen molar-refractivity contribution in [3.8, 4) is 0 Å². The van der Waals surface area contributed by atoms with Crippen LogP contribution in [0, 0.1) is 5.82 Å². The molecule has 6 heteroatoms. The van der Waals surface area contributed by atoms with Crippen molar-refractivity contribution in [2.45, 2.75) is 12.2 Å². The molecule has 1 rings (SSSR count). The summed E-state index contributed by atoms with van der Waals surface area (Å²) in [6.07, 6.45) is 0. The number of amides is 1. The predicted octanol–water partition coefficient (Wildman–Crippen LogP) is 2.64. The summed E-state index contributed by atoms with van der Waals surface area (Å²) in [4.78, 5) is 11.5. The van der Waals surface area contributed by atoms with Crippen LogP contribution in [0.3, 0.4) is 0 Å². The molecule has 0 radical (unpaired) electrons. The van der Waals surface area contributed by atoms with Gasteiger partial charge in [-0.05, 0) is 18.2 Å². The lowest BCUT2D eigenvalue weighted by Crippen LogP contribution is -2.17. The number of rotatable bonds is 5. The molecule has 0 aliphatic heterocycles. The monoisotopic (exact) mass is 321 g/mol. The molecule has 94 valence electrons. The van der Waals surface area contributed by atoms with Crippen molar-refractivity contribution in [1.82, 2.24) is 0 Å². The molecule has 0 saturated carbocycles. The van der Waals surface area contributed by atoms with E-state index in [1.54, 1.807) is 6.07 Å². The third-order valence-corrected chi connectivity index (χ3v) is 3.60. The summed E-state index contributed by atoms with van der Waals surface area (Å²) in [5.74, 6) is -0.568. The van der Waals surface area contributed by atoms with Crippen LogP contribution in [-0.2, 0) is 4.79 Å². The molecule has 2 N–H and O–H groups in total. The van der Waals surface area contributed by atoms with E-state index < -0.39 is 5.82 Å². The van der Waals surface area contributed by atoms with Gasteiger partial charge in [-0.25, -0.2) is 4.39 Å². The van der Waals surface area contributed by atoms with E-state index >= 15 is 0 Å². The normalized spacial score (nSPS) is 12.2. The van der Waals surface area contributed by atoms with E-state index in [4.69, 9.17) is 5.11 Å². The van der Waals surface area contributed by atoms with Crippen LogP contribution in [0.25, 0.3) is 0 Å². The van der Waals surface area contributed by atoms with E-state index in [2.05, 4.69) is 21.2 Å². The Morgan fingerprint density at radius 2 is 2.35 bits per heavy atom. The van der Waals surface area contributed by atoms with Crippen molar-refractivity contribution in [1.29, 1.82) is 0 Å². The van der Waals surface area contributed by atoms with Crippen LogP contribution in [0.15, 0.2) is 22.7 Å². The number of benzene rings is 1. The highest BCUT2D eigenvalue weighted by molar-refractivity contribution is 9.10. The quantitative estimate of drug-likeness (QED) is 0.876. The summed E-state index contributed by atoms with van der Waals surface area (Å²) in [7, 11) is 0. The number of hydrogen-bond acceptors (Lipinski definition) is 3. The van der Waals surface area contributed by atoms with E-state index in [1.165, 1.54) is 23.9 Å². The average molecular weight is 322 g/mol. The van der Waals surface area contributed by atoms with Gasteiger partial charge in [-0.2, -0.15) is 0 Å². The van der Waals surface area contributed by atoms with Crippen LogP contribution in [0.4, 0.5) is 10.1 Å². The van der Waals surface area contributed by atoms with Crippen molar-refractivity contribution >= 4 is 39.3 Å². The number of nitrogens with one attached hydrogen (secondary N) is 1. The molecule has 17 heavy (non-hydrogen) atoms. The Hall–Kier alpha value is -0.590. The first-order chi connectivity index (χ1) is 8.02. The van der Waals surface area contributed by atoms with Gasteiger partial charge >= 0.3 is 0 Å². The molecule has 0 aromatic heterocycles. The van der Waals surface area contributed by atoms with E-state index in [9.17, 15) is 9.18 Å². The van der Waals surface area contributed by atoms with Crippen molar-refractivity contribution in [3.05, 3.63) is 28.5 Å². The van der Waals surface area contributed by atoms with Gasteiger partial charge in [-0.15, -0.1) is 11.8 Å². The molecule has 1 unspecified atom stereocenters. The molecule has 3 nitrogen and oxygen atoms in total. The Kier molecular flexibility index (Phi) is 5.94. The molecule has 1 aromatic rings. The molecule has 1 atom stereocenters. The van der Waals surface area contributed by atoms with Gasteiger partial charge in [0.05, 0.1) is 18.0 Å². The molecular weight excluding hydrogens is 309 g/mol. The lowest BCUT2D eigenvalue weighted by Gasteiger charge is -2.09. The Labute approximate surface area is 112 Å². The summed E-state index contributed by atoms with van der Waals surface area (Å²) in [6, 6.07) is 4.44. The number of hydrogen-bond donors (Lipinski definition) is 2. The van der Waals surface area contributed by atoms with Gasteiger partial charge < -0.3 is 10.4 Å². The topological polar surface area (TPSA) is 49.3 Å². The lowest BCUT2D eigenvalue weighted by molar-refractivity contribution is -0.113. The van der Waals surface area contributed by atoms with Gasteiger partial charge in [0, 0.05) is 9.72 Å². The summed E-state index contributed by atoms with van der Waals surface area (Å²) in [5.41, 5.74) is 0.162. The Morgan fingerprint density at radius 3 is 2.94 bits per heavy atom. The SMILES string of the molecule is CC(CO)SCC(=O)Nc1ccc(Br)cc1F. The molecule has 0 aliphatic carbocycles. The second-order valence-electron chi connectivity index (χ2n) is 3.48. The molecule has 0 spiro atoms. The molecule has 0 bridgehead atoms. The number of carbonyl (C=O) groups excluding carboxylic acids is 1. The molecule has 1 amide bonds. The van der Waals surface area contributed by atoms with Crippen LogP contribution in [-0.4, -0.2) is 28.6 Å². The van der Waals surface area contributed by atoms with Gasteiger partial charge in [0.1, 0.15) is 5.82 Å². The second kappa shape index (κ2) is 6.98. The molecule has 0 saturated heterocycles. The fourth-order valence-corrected chi connectivity index (χ4v) is 1.99. The molecular formula is C11H13BrFNO2S. The second-order valence-corrected chi connectivity index (χ2v) is 5.82. The number of aliphatic hydroxyl groups is 1. The predicted molar refractivity (Wildman–Crippen MR) is 71.7 cm³/mol. The summed E-state index contributed by atoms with van der Waals surface area (Å²) in [6.45, 7) is 1.84. The van der Waals surface area contributed by atoms with Gasteiger partial charge in [-0.1, -0.05) is 22.9 Å². The zero-order chi connectivity index (χ0) is 12.8. The average Bonchev–Trinajstić information content (AvgIpc) is 2.29. The first kappa shape index (κ1) is 14.5. The fraction of sp³-hybridized carbons (Fsp3) is 0.364. The van der Waals surface area contributed by atoms with Crippen LogP contribution < -0.4 is 5.32 Å². The Morgan fingerprint density at radius 1 is 1.65 bits per heavy atom. The van der Waals surface area contributed by atoms with Gasteiger partial charge in [0.25, 0.3) is 0 Å². The van der Waals surface area contributed by atoms with Crippen LogP contribution in [0.2, 0.25) is 0 Å². The zero-order valence-corrected chi connectivity index (χ0v) is 11.6. The maximum atomic E-state index is 13.4. The van der Waals surface area contributed by atoms with Crippen molar-refractivity contribution in [2.24, 2.45) is 0 Å². The zero-order valence-electron chi connectivity index (χ0n) is 9.24. The van der Waals surface area contributed by atoms with E-state index in [0.29, 0.717) is 4.47 Å². The first-order valence-corrected chi connectivity index (χ1v) is 6.84. The highest BCUT2D eigenvalue weighted by Crippen LogP contribution is 2.19. The van der Waals surface area contributed by atoms with Gasteiger partial charge in [0.2, 0.25) is 5.91 Å². The Balaban J connectivity index is 2.50. The molecule has 1 aromatic carbocycles. The maximum Gasteiger partial charge on any atom is 0.234 e. The smallest absolute Gasteiger partial charge is 0.234 e. The maximum absolute atomic E-state index is 13.4. The number of carbonyl (C=O) groups is 1. The van der Waals surface area contributed by atoms with E-state index in [1.807, 2.05) is 6.92 Å². The van der Waals surface area contributed by atoms with Crippen molar-refractivity contribution < 1.29 is 14.3 Å². The van der Waals surface area contributed by atoms with Crippen molar-refractivity contribution in [2.75, 3.05) is 17.7 Å². The van der Waals surface area contributed by atoms with Crippen LogP contribution in [0.5, 0.6) is 0 Å². The number of halogens is 2. The van der Waals surface area contributed by atoms with Crippen LogP contribution >= 0.6 is 27.7 Å². The standard InChI is InChI=1S/C11H13BrFNO2S/c1-7(5-15)17-6-11(16)14-10-3-2-8(12)4-9(10)13/h2-4,7,15H,5-6H2,1H3,(H,14,16). The summed E-state index contributed by atoms with van der Waals surface area (Å²) >= 11 is 4.46. The molecule has 0 heterocycles. The fourth-order valence-electron chi connectivity index (χ4n) is 1.05. The van der Waals surface area contributed by atoms with Crippen LogP contribution in [0.1, 0.15) is 6.92 Å². The number of aliphatic hydroxyl groups excluding tert-OH is 1. The van der Waals surface area contributed by atoms with E-state index in [0.717, 1.165) is 0 Å². The first-order valence-electron chi connectivity index (χ1n) is 5.00. The summed E-state index contributed by atoms with van der Waals surface area (Å²) in [5, 5.41) is 11.3. The minimum atomic E-state index is -0.479. The number of thioether (sulfide) groups is 1. The third kappa shape index (κ3) is 5.06. The minimum absolute atomic E-state index is 0.00415. The van der Waals surface area contributed by atoms with Gasteiger partial charge in [-0.3, -0.25) is 4.79 Å².